The zero-order chi connectivity index (χ0) is 16.7. The highest BCUT2D eigenvalue weighted by Gasteiger charge is 2.24. The van der Waals surface area contributed by atoms with Crippen LogP contribution in [-0.2, 0) is 9.30 Å². The molecule has 22 heavy (non-hydrogen) atoms. The summed E-state index contributed by atoms with van der Waals surface area (Å²) in [5, 5.41) is 2.70. The van der Waals surface area contributed by atoms with Crippen molar-refractivity contribution >= 4 is 13.4 Å². The monoisotopic (exact) mass is 333 g/mol. The van der Waals surface area contributed by atoms with E-state index in [1.807, 2.05) is 6.92 Å². The lowest BCUT2D eigenvalue weighted by Crippen LogP contribution is -2.25. The first-order valence-corrected chi connectivity index (χ1v) is 11.2. The van der Waals surface area contributed by atoms with Gasteiger partial charge in [0.15, 0.2) is 7.29 Å². The number of hydrogen-bond acceptors (Lipinski definition) is 3. The lowest BCUT2D eigenvalue weighted by molar-refractivity contribution is 0.150. The Morgan fingerprint density at radius 2 is 1.32 bits per heavy atom. The third kappa shape index (κ3) is 12.1. The SMILES string of the molecule is CCCCCCP(=O)(CCCCCC)NC(=O)OCCCC. The topological polar surface area (TPSA) is 55.4 Å². The molecule has 0 atom stereocenters. The minimum atomic E-state index is -2.63. The molecule has 0 saturated heterocycles. The number of nitrogens with one attached hydrogen (secondary N) is 1. The predicted molar refractivity (Wildman–Crippen MR) is 95.0 cm³/mol. The molecule has 1 amide bonds. The van der Waals surface area contributed by atoms with E-state index in [0.29, 0.717) is 18.9 Å². The summed E-state index contributed by atoms with van der Waals surface area (Å²) >= 11 is 0. The molecule has 5 heteroatoms. The van der Waals surface area contributed by atoms with Gasteiger partial charge in [-0.25, -0.2) is 4.79 Å². The highest BCUT2D eigenvalue weighted by atomic mass is 31.2. The molecule has 0 radical (unpaired) electrons. The average Bonchev–Trinajstić information content (AvgIpc) is 2.49. The van der Waals surface area contributed by atoms with Crippen LogP contribution in [0.1, 0.15) is 85.0 Å². The van der Waals surface area contributed by atoms with E-state index in [1.54, 1.807) is 0 Å². The van der Waals surface area contributed by atoms with Gasteiger partial charge in [0.1, 0.15) is 0 Å². The van der Waals surface area contributed by atoms with Gasteiger partial charge in [-0.15, -0.1) is 0 Å². The van der Waals surface area contributed by atoms with Crippen LogP contribution in [0, 0.1) is 0 Å². The summed E-state index contributed by atoms with van der Waals surface area (Å²) in [4.78, 5) is 11.8. The number of rotatable bonds is 14. The van der Waals surface area contributed by atoms with Crippen LogP contribution in [0.4, 0.5) is 4.79 Å². The minimum absolute atomic E-state index is 0.411. The van der Waals surface area contributed by atoms with Crippen molar-refractivity contribution in [2.24, 2.45) is 0 Å². The van der Waals surface area contributed by atoms with E-state index in [4.69, 9.17) is 4.74 Å². The smallest absolute Gasteiger partial charge is 0.412 e. The molecule has 0 rings (SSSR count). The number of unbranched alkanes of at least 4 members (excludes halogenated alkanes) is 7. The molecule has 0 heterocycles. The van der Waals surface area contributed by atoms with Crippen LogP contribution < -0.4 is 5.09 Å². The van der Waals surface area contributed by atoms with Crippen molar-refractivity contribution in [3.8, 4) is 0 Å². The molecule has 0 spiro atoms. The Hall–Kier alpha value is -0.500. The second-order valence-corrected chi connectivity index (χ2v) is 8.96. The summed E-state index contributed by atoms with van der Waals surface area (Å²) in [6, 6.07) is 0. The molecular weight excluding hydrogens is 297 g/mol. The van der Waals surface area contributed by atoms with Gasteiger partial charge >= 0.3 is 6.09 Å². The van der Waals surface area contributed by atoms with E-state index >= 15 is 0 Å². The molecule has 0 saturated carbocycles. The maximum atomic E-state index is 13.0. The third-order valence-electron chi connectivity index (χ3n) is 3.77. The normalized spacial score (nSPS) is 11.4. The fraction of sp³-hybridized carbons (Fsp3) is 0.941. The molecule has 0 unspecified atom stereocenters. The molecule has 0 fully saturated rings. The van der Waals surface area contributed by atoms with E-state index in [0.717, 1.165) is 64.2 Å². The summed E-state index contributed by atoms with van der Waals surface area (Å²) < 4.78 is 18.1. The Labute approximate surface area is 137 Å². The molecule has 4 nitrogen and oxygen atoms in total. The average molecular weight is 333 g/mol. The number of carbonyl (C=O) groups excluding carboxylic acids is 1. The Morgan fingerprint density at radius 1 is 0.818 bits per heavy atom. The van der Waals surface area contributed by atoms with Gasteiger partial charge in [-0.05, 0) is 19.3 Å². The summed E-state index contributed by atoms with van der Waals surface area (Å²) in [6.07, 6.45) is 11.2. The van der Waals surface area contributed by atoms with Crippen LogP contribution in [0.5, 0.6) is 0 Å². The van der Waals surface area contributed by atoms with Gasteiger partial charge in [0, 0.05) is 12.3 Å². The van der Waals surface area contributed by atoms with Crippen LogP contribution in [-0.4, -0.2) is 25.0 Å². The summed E-state index contributed by atoms with van der Waals surface area (Å²) in [6.45, 7) is 6.78. The Balaban J connectivity index is 4.29. The second-order valence-electron chi connectivity index (χ2n) is 6.06. The first-order valence-electron chi connectivity index (χ1n) is 9.11. The van der Waals surface area contributed by atoms with Gasteiger partial charge in [-0.1, -0.05) is 65.7 Å². The maximum absolute atomic E-state index is 13.0. The van der Waals surface area contributed by atoms with Crippen molar-refractivity contribution < 1.29 is 14.1 Å². The first-order chi connectivity index (χ1) is 10.6. The number of amides is 1. The molecule has 0 aliphatic carbocycles. The molecule has 1 N–H and O–H groups in total. The molecule has 132 valence electrons. The van der Waals surface area contributed by atoms with Crippen molar-refractivity contribution in [1.29, 1.82) is 0 Å². The van der Waals surface area contributed by atoms with E-state index in [2.05, 4.69) is 18.9 Å². The van der Waals surface area contributed by atoms with Crippen LogP contribution >= 0.6 is 7.29 Å². The highest BCUT2D eigenvalue weighted by Crippen LogP contribution is 2.43. The fourth-order valence-electron chi connectivity index (χ4n) is 2.32. The highest BCUT2D eigenvalue weighted by molar-refractivity contribution is 7.62. The van der Waals surface area contributed by atoms with Gasteiger partial charge in [0.2, 0.25) is 0 Å². The van der Waals surface area contributed by atoms with Crippen LogP contribution in [0.25, 0.3) is 0 Å². The number of ether oxygens (including phenoxy) is 1. The van der Waals surface area contributed by atoms with Gasteiger partial charge in [-0.2, -0.15) is 0 Å². The van der Waals surface area contributed by atoms with E-state index in [-0.39, 0.29) is 0 Å². The van der Waals surface area contributed by atoms with E-state index < -0.39 is 13.4 Å². The lowest BCUT2D eigenvalue weighted by Gasteiger charge is -2.19. The Bertz CT molecular complexity index is 305. The van der Waals surface area contributed by atoms with Gasteiger partial charge in [-0.3, -0.25) is 5.09 Å². The van der Waals surface area contributed by atoms with Crippen LogP contribution in [0.2, 0.25) is 0 Å². The second kappa shape index (κ2) is 14.1. The fourth-order valence-corrected chi connectivity index (χ4v) is 4.63. The van der Waals surface area contributed by atoms with Crippen molar-refractivity contribution in [1.82, 2.24) is 5.09 Å². The quantitative estimate of drug-likeness (QED) is 0.315. The number of hydrogen-bond donors (Lipinski definition) is 1. The molecule has 0 bridgehead atoms. The zero-order valence-electron chi connectivity index (χ0n) is 14.9. The zero-order valence-corrected chi connectivity index (χ0v) is 15.8. The molecule has 0 aromatic rings. The summed E-state index contributed by atoms with van der Waals surface area (Å²) in [7, 11) is -2.63. The maximum Gasteiger partial charge on any atom is 0.412 e. The van der Waals surface area contributed by atoms with Crippen molar-refractivity contribution in [2.45, 2.75) is 85.0 Å². The third-order valence-corrected chi connectivity index (χ3v) is 6.44. The predicted octanol–water partition coefficient (Wildman–Crippen LogP) is 5.95. The summed E-state index contributed by atoms with van der Waals surface area (Å²) in [5.41, 5.74) is 0. The van der Waals surface area contributed by atoms with Gasteiger partial charge < -0.3 is 9.30 Å². The van der Waals surface area contributed by atoms with Crippen molar-refractivity contribution in [3.63, 3.8) is 0 Å². The molecule has 0 aromatic heterocycles. The van der Waals surface area contributed by atoms with E-state index in [1.165, 1.54) is 0 Å². The number of carbonyl (C=O) groups is 1. The minimum Gasteiger partial charge on any atom is -0.449 e. The van der Waals surface area contributed by atoms with Crippen molar-refractivity contribution in [2.75, 3.05) is 18.9 Å². The van der Waals surface area contributed by atoms with Gasteiger partial charge in [0.05, 0.1) is 6.61 Å². The molecular formula is C17H36NO3P. The van der Waals surface area contributed by atoms with E-state index in [9.17, 15) is 9.36 Å². The standard InChI is InChI=1S/C17H36NO3P/c1-4-7-10-12-15-22(20,16-13-11-8-5-2)18-17(19)21-14-9-6-3/h4-16H2,1-3H3,(H,18,19,20). The summed E-state index contributed by atoms with van der Waals surface area (Å²) in [5.74, 6) is 0. The largest absolute Gasteiger partial charge is 0.449 e. The molecule has 0 aromatic carbocycles. The Kier molecular flexibility index (Phi) is 13.8. The lowest BCUT2D eigenvalue weighted by atomic mass is 10.2. The van der Waals surface area contributed by atoms with Crippen molar-refractivity contribution in [3.05, 3.63) is 0 Å². The molecule has 0 aliphatic rings. The van der Waals surface area contributed by atoms with Gasteiger partial charge in [0.25, 0.3) is 0 Å². The molecule has 0 aliphatic heterocycles. The Morgan fingerprint density at radius 3 is 1.77 bits per heavy atom. The van der Waals surface area contributed by atoms with Crippen LogP contribution in [0.3, 0.4) is 0 Å². The van der Waals surface area contributed by atoms with Crippen LogP contribution in [0.15, 0.2) is 0 Å². The first kappa shape index (κ1) is 21.5.